The first-order valence-corrected chi connectivity index (χ1v) is 8.20. The molecule has 1 aliphatic rings. The summed E-state index contributed by atoms with van der Waals surface area (Å²) in [4.78, 5) is 12.1. The van der Waals surface area contributed by atoms with Crippen LogP contribution < -0.4 is 10.6 Å². The van der Waals surface area contributed by atoms with Crippen LogP contribution in [0.2, 0.25) is 0 Å². The van der Waals surface area contributed by atoms with E-state index < -0.39 is 0 Å². The van der Waals surface area contributed by atoms with E-state index in [-0.39, 0.29) is 12.0 Å². The fraction of sp³-hybridized carbons (Fsp3) is 0.389. The van der Waals surface area contributed by atoms with Crippen molar-refractivity contribution in [1.29, 1.82) is 0 Å². The predicted molar refractivity (Wildman–Crippen MR) is 92.5 cm³/mol. The summed E-state index contributed by atoms with van der Waals surface area (Å²) in [6.45, 7) is 5.41. The number of anilines is 2. The van der Waals surface area contributed by atoms with Gasteiger partial charge in [0.25, 0.3) is 5.91 Å². The van der Waals surface area contributed by atoms with Gasteiger partial charge in [0, 0.05) is 18.8 Å². The number of aryl methyl sites for hydroxylation is 1. The second-order valence-corrected chi connectivity index (χ2v) is 6.02. The summed E-state index contributed by atoms with van der Waals surface area (Å²) in [6, 6.07) is 9.48. The van der Waals surface area contributed by atoms with Gasteiger partial charge in [0.05, 0.1) is 6.10 Å². The number of hydrogen-bond acceptors (Lipinski definition) is 5. The SMILES string of the molecule is Cc1cccc(Nc2ccc(C(=O)NCC3CCCO3)nn2)c1C. The number of nitrogens with one attached hydrogen (secondary N) is 2. The summed E-state index contributed by atoms with van der Waals surface area (Å²) in [5.41, 5.74) is 3.66. The molecule has 126 valence electrons. The monoisotopic (exact) mass is 326 g/mol. The van der Waals surface area contributed by atoms with E-state index in [1.54, 1.807) is 12.1 Å². The van der Waals surface area contributed by atoms with E-state index >= 15 is 0 Å². The van der Waals surface area contributed by atoms with Crippen molar-refractivity contribution in [2.75, 3.05) is 18.5 Å². The molecule has 1 saturated heterocycles. The topological polar surface area (TPSA) is 76.1 Å². The molecule has 1 aromatic carbocycles. The Hall–Kier alpha value is -2.47. The van der Waals surface area contributed by atoms with Crippen LogP contribution in [0.5, 0.6) is 0 Å². The third-order valence-electron chi connectivity index (χ3n) is 4.28. The van der Waals surface area contributed by atoms with Crippen LogP contribution >= 0.6 is 0 Å². The summed E-state index contributed by atoms with van der Waals surface area (Å²) >= 11 is 0. The molecular formula is C18H22N4O2. The van der Waals surface area contributed by atoms with Crippen LogP contribution in [0.4, 0.5) is 11.5 Å². The number of rotatable bonds is 5. The quantitative estimate of drug-likeness (QED) is 0.883. The maximum Gasteiger partial charge on any atom is 0.271 e. The Kier molecular flexibility index (Phi) is 5.05. The zero-order valence-electron chi connectivity index (χ0n) is 14.0. The van der Waals surface area contributed by atoms with Crippen LogP contribution in [-0.4, -0.2) is 35.4 Å². The molecule has 6 heteroatoms. The van der Waals surface area contributed by atoms with E-state index in [0.717, 1.165) is 30.7 Å². The van der Waals surface area contributed by atoms with Gasteiger partial charge in [-0.15, -0.1) is 10.2 Å². The van der Waals surface area contributed by atoms with Crippen molar-refractivity contribution in [3.63, 3.8) is 0 Å². The maximum absolute atomic E-state index is 12.1. The summed E-state index contributed by atoms with van der Waals surface area (Å²) in [5.74, 6) is 0.385. The van der Waals surface area contributed by atoms with Gasteiger partial charge in [-0.3, -0.25) is 4.79 Å². The minimum absolute atomic E-state index is 0.118. The van der Waals surface area contributed by atoms with Crippen molar-refractivity contribution in [2.24, 2.45) is 0 Å². The van der Waals surface area contributed by atoms with Crippen LogP contribution in [0.1, 0.15) is 34.5 Å². The molecule has 2 N–H and O–H groups in total. The van der Waals surface area contributed by atoms with Crippen LogP contribution in [-0.2, 0) is 4.74 Å². The van der Waals surface area contributed by atoms with Gasteiger partial charge in [0.1, 0.15) is 0 Å². The van der Waals surface area contributed by atoms with Gasteiger partial charge in [-0.2, -0.15) is 0 Å². The second kappa shape index (κ2) is 7.40. The fourth-order valence-corrected chi connectivity index (χ4v) is 2.65. The number of hydrogen-bond donors (Lipinski definition) is 2. The molecule has 0 radical (unpaired) electrons. The number of ether oxygens (including phenoxy) is 1. The van der Waals surface area contributed by atoms with Crippen molar-refractivity contribution < 1.29 is 9.53 Å². The molecule has 24 heavy (non-hydrogen) atoms. The number of carbonyl (C=O) groups excluding carboxylic acids is 1. The molecule has 1 unspecified atom stereocenters. The third kappa shape index (κ3) is 3.89. The van der Waals surface area contributed by atoms with E-state index in [0.29, 0.717) is 18.1 Å². The highest BCUT2D eigenvalue weighted by Gasteiger charge is 2.17. The average Bonchev–Trinajstić information content (AvgIpc) is 3.11. The largest absolute Gasteiger partial charge is 0.376 e. The van der Waals surface area contributed by atoms with Gasteiger partial charge in [0.15, 0.2) is 11.5 Å². The fourth-order valence-electron chi connectivity index (χ4n) is 2.65. The van der Waals surface area contributed by atoms with Crippen LogP contribution in [0.3, 0.4) is 0 Å². The molecule has 3 rings (SSSR count). The molecule has 0 bridgehead atoms. The Morgan fingerprint density at radius 2 is 2.12 bits per heavy atom. The normalized spacial score (nSPS) is 16.8. The molecule has 0 aliphatic carbocycles. The Bertz CT molecular complexity index is 709. The van der Waals surface area contributed by atoms with Gasteiger partial charge >= 0.3 is 0 Å². The maximum atomic E-state index is 12.1. The standard InChI is InChI=1S/C18H22N4O2/c1-12-5-3-7-15(13(12)2)20-17-9-8-16(21-22-17)18(23)19-11-14-6-4-10-24-14/h3,5,7-9,14H,4,6,10-11H2,1-2H3,(H,19,23)(H,20,22). The van der Waals surface area contributed by atoms with Gasteiger partial charge in [-0.05, 0) is 56.0 Å². The lowest BCUT2D eigenvalue weighted by atomic mass is 10.1. The number of nitrogens with zero attached hydrogens (tertiary/aromatic N) is 2. The lowest BCUT2D eigenvalue weighted by molar-refractivity contribution is 0.0853. The van der Waals surface area contributed by atoms with Crippen molar-refractivity contribution in [2.45, 2.75) is 32.8 Å². The van der Waals surface area contributed by atoms with Gasteiger partial charge in [-0.25, -0.2) is 0 Å². The molecule has 1 amide bonds. The minimum Gasteiger partial charge on any atom is -0.376 e. The molecule has 1 fully saturated rings. The van der Waals surface area contributed by atoms with E-state index in [9.17, 15) is 4.79 Å². The highest BCUT2D eigenvalue weighted by Crippen LogP contribution is 2.21. The first-order valence-electron chi connectivity index (χ1n) is 8.20. The third-order valence-corrected chi connectivity index (χ3v) is 4.28. The van der Waals surface area contributed by atoms with Gasteiger partial charge < -0.3 is 15.4 Å². The minimum atomic E-state index is -0.226. The molecule has 1 atom stereocenters. The summed E-state index contributed by atoms with van der Waals surface area (Å²) in [7, 11) is 0. The zero-order chi connectivity index (χ0) is 16.9. The van der Waals surface area contributed by atoms with Crippen LogP contribution in [0.15, 0.2) is 30.3 Å². The van der Waals surface area contributed by atoms with Gasteiger partial charge in [-0.1, -0.05) is 12.1 Å². The van der Waals surface area contributed by atoms with Crippen LogP contribution in [0.25, 0.3) is 0 Å². The highest BCUT2D eigenvalue weighted by molar-refractivity contribution is 5.92. The molecule has 6 nitrogen and oxygen atoms in total. The molecule has 1 aliphatic heterocycles. The average molecular weight is 326 g/mol. The Morgan fingerprint density at radius 3 is 2.83 bits per heavy atom. The first-order chi connectivity index (χ1) is 11.6. The van der Waals surface area contributed by atoms with Crippen molar-refractivity contribution in [1.82, 2.24) is 15.5 Å². The molecule has 1 aromatic heterocycles. The van der Waals surface area contributed by atoms with E-state index in [2.05, 4.69) is 40.7 Å². The smallest absolute Gasteiger partial charge is 0.271 e. The Balaban J connectivity index is 1.60. The van der Waals surface area contributed by atoms with Crippen molar-refractivity contribution in [3.05, 3.63) is 47.2 Å². The Labute approximate surface area is 141 Å². The summed E-state index contributed by atoms with van der Waals surface area (Å²) in [6.07, 6.45) is 2.16. The molecule has 2 aromatic rings. The molecular weight excluding hydrogens is 304 g/mol. The number of carbonyl (C=O) groups is 1. The number of aromatic nitrogens is 2. The number of benzene rings is 1. The molecule has 0 saturated carbocycles. The van der Waals surface area contributed by atoms with Gasteiger partial charge in [0.2, 0.25) is 0 Å². The van der Waals surface area contributed by atoms with Crippen LogP contribution in [0, 0.1) is 13.8 Å². The number of amides is 1. The Morgan fingerprint density at radius 1 is 1.25 bits per heavy atom. The van der Waals surface area contributed by atoms with Crippen molar-refractivity contribution in [3.8, 4) is 0 Å². The van der Waals surface area contributed by atoms with E-state index in [1.165, 1.54) is 5.56 Å². The van der Waals surface area contributed by atoms with E-state index in [1.807, 2.05) is 12.1 Å². The predicted octanol–water partition coefficient (Wildman–Crippen LogP) is 2.75. The summed E-state index contributed by atoms with van der Waals surface area (Å²) < 4.78 is 5.48. The second-order valence-electron chi connectivity index (χ2n) is 6.02. The highest BCUT2D eigenvalue weighted by atomic mass is 16.5. The first kappa shape index (κ1) is 16.4. The zero-order valence-corrected chi connectivity index (χ0v) is 14.0. The molecule has 2 heterocycles. The van der Waals surface area contributed by atoms with Crippen molar-refractivity contribution >= 4 is 17.4 Å². The lowest BCUT2D eigenvalue weighted by Gasteiger charge is -2.11. The lowest BCUT2D eigenvalue weighted by Crippen LogP contribution is -2.32. The molecule has 0 spiro atoms. The van der Waals surface area contributed by atoms with E-state index in [4.69, 9.17) is 4.74 Å². The summed E-state index contributed by atoms with van der Waals surface area (Å²) in [5, 5.41) is 14.2.